The summed E-state index contributed by atoms with van der Waals surface area (Å²) in [5.41, 5.74) is 0. The Morgan fingerprint density at radius 2 is 2.07 bits per heavy atom. The predicted molar refractivity (Wildman–Crippen MR) is 62.0 cm³/mol. The van der Waals surface area contributed by atoms with E-state index >= 15 is 0 Å². The van der Waals surface area contributed by atoms with E-state index in [2.05, 4.69) is 15.9 Å². The second-order valence-electron chi connectivity index (χ2n) is 4.48. The van der Waals surface area contributed by atoms with E-state index in [1.54, 1.807) is 0 Å². The van der Waals surface area contributed by atoms with Crippen molar-refractivity contribution in [3.8, 4) is 0 Å². The van der Waals surface area contributed by atoms with Crippen molar-refractivity contribution in [1.29, 1.82) is 0 Å². The van der Waals surface area contributed by atoms with Crippen LogP contribution in [0, 0.1) is 11.8 Å². The third kappa shape index (κ3) is 2.72. The number of rotatable bonds is 2. The van der Waals surface area contributed by atoms with Crippen LogP contribution in [0.5, 0.6) is 0 Å². The highest BCUT2D eigenvalue weighted by atomic mass is 79.9. The fourth-order valence-corrected chi connectivity index (χ4v) is 2.89. The molecule has 0 aromatic heterocycles. The van der Waals surface area contributed by atoms with Crippen molar-refractivity contribution >= 4 is 21.8 Å². The highest BCUT2D eigenvalue weighted by molar-refractivity contribution is 9.09. The minimum atomic E-state index is 0.229. The maximum Gasteiger partial charge on any atom is 0.225 e. The third-order valence-electron chi connectivity index (χ3n) is 3.39. The first kappa shape index (κ1) is 11.4. The Labute approximate surface area is 99.3 Å². The molecule has 86 valence electrons. The monoisotopic (exact) mass is 275 g/mol. The van der Waals surface area contributed by atoms with Gasteiger partial charge in [-0.25, -0.2) is 0 Å². The number of ether oxygens (including phenoxy) is 1. The zero-order valence-electron chi connectivity index (χ0n) is 8.95. The molecule has 2 aliphatic rings. The molecule has 1 unspecified atom stereocenters. The van der Waals surface area contributed by atoms with Crippen LogP contribution in [0.4, 0.5) is 0 Å². The molecule has 2 fully saturated rings. The number of alkyl halides is 1. The van der Waals surface area contributed by atoms with Crippen molar-refractivity contribution in [2.45, 2.75) is 19.3 Å². The predicted octanol–water partition coefficient (Wildman–Crippen LogP) is 1.66. The van der Waals surface area contributed by atoms with Gasteiger partial charge in [0.25, 0.3) is 0 Å². The molecule has 0 spiro atoms. The minimum absolute atomic E-state index is 0.229. The number of likely N-dealkylation sites (tertiary alicyclic amines) is 1. The van der Waals surface area contributed by atoms with E-state index in [9.17, 15) is 4.79 Å². The molecule has 2 heterocycles. The summed E-state index contributed by atoms with van der Waals surface area (Å²) in [4.78, 5) is 14.2. The molecular formula is C11H18BrNO2. The van der Waals surface area contributed by atoms with E-state index in [1.807, 2.05) is 4.90 Å². The number of halogens is 1. The van der Waals surface area contributed by atoms with E-state index in [0.29, 0.717) is 11.8 Å². The van der Waals surface area contributed by atoms with Crippen LogP contribution < -0.4 is 0 Å². The SMILES string of the molecule is O=C(C1CCOCC1)N1CCC(CBr)C1. The first-order chi connectivity index (χ1) is 7.31. The summed E-state index contributed by atoms with van der Waals surface area (Å²) < 4.78 is 5.28. The van der Waals surface area contributed by atoms with Crippen molar-refractivity contribution in [2.24, 2.45) is 11.8 Å². The number of amides is 1. The van der Waals surface area contributed by atoms with E-state index in [-0.39, 0.29) is 5.92 Å². The zero-order chi connectivity index (χ0) is 10.7. The first-order valence-corrected chi connectivity index (χ1v) is 6.86. The second kappa shape index (κ2) is 5.30. The lowest BCUT2D eigenvalue weighted by Gasteiger charge is -2.26. The molecule has 2 saturated heterocycles. The van der Waals surface area contributed by atoms with Crippen LogP contribution in [0.3, 0.4) is 0 Å². The molecule has 0 aromatic carbocycles. The number of hydrogen-bond donors (Lipinski definition) is 0. The molecule has 0 saturated carbocycles. The quantitative estimate of drug-likeness (QED) is 0.718. The highest BCUT2D eigenvalue weighted by Gasteiger charge is 2.31. The second-order valence-corrected chi connectivity index (χ2v) is 5.13. The normalized spacial score (nSPS) is 28.3. The Hall–Kier alpha value is -0.0900. The Bertz CT molecular complexity index is 229. The zero-order valence-corrected chi connectivity index (χ0v) is 10.5. The van der Waals surface area contributed by atoms with Gasteiger partial charge in [0.2, 0.25) is 5.91 Å². The van der Waals surface area contributed by atoms with Crippen molar-refractivity contribution in [2.75, 3.05) is 31.6 Å². The standard InChI is InChI=1S/C11H18BrNO2/c12-7-9-1-4-13(8-9)11(14)10-2-5-15-6-3-10/h9-10H,1-8H2. The van der Waals surface area contributed by atoms with Gasteiger partial charge in [-0.1, -0.05) is 15.9 Å². The molecule has 1 amide bonds. The van der Waals surface area contributed by atoms with Crippen LogP contribution in [0.25, 0.3) is 0 Å². The molecule has 0 bridgehead atoms. The largest absolute Gasteiger partial charge is 0.381 e. The van der Waals surface area contributed by atoms with Crippen LogP contribution in [-0.4, -0.2) is 42.4 Å². The summed E-state index contributed by atoms with van der Waals surface area (Å²) in [6.07, 6.45) is 2.98. The molecule has 4 heteroatoms. The first-order valence-electron chi connectivity index (χ1n) is 5.73. The summed E-state index contributed by atoms with van der Waals surface area (Å²) >= 11 is 3.49. The van der Waals surface area contributed by atoms with Crippen molar-refractivity contribution < 1.29 is 9.53 Å². The fourth-order valence-electron chi connectivity index (χ4n) is 2.36. The summed E-state index contributed by atoms with van der Waals surface area (Å²) in [5.74, 6) is 1.25. The van der Waals surface area contributed by atoms with E-state index in [4.69, 9.17) is 4.74 Å². The molecule has 2 rings (SSSR count). The van der Waals surface area contributed by atoms with Gasteiger partial charge in [0.1, 0.15) is 0 Å². The maximum absolute atomic E-state index is 12.1. The third-order valence-corrected chi connectivity index (χ3v) is 4.30. The number of carbonyl (C=O) groups is 1. The molecule has 2 aliphatic heterocycles. The van der Waals surface area contributed by atoms with Gasteiger partial charge in [0, 0.05) is 37.6 Å². The van der Waals surface area contributed by atoms with Crippen LogP contribution in [-0.2, 0) is 9.53 Å². The van der Waals surface area contributed by atoms with E-state index in [0.717, 1.165) is 50.9 Å². The molecular weight excluding hydrogens is 258 g/mol. The van der Waals surface area contributed by atoms with E-state index in [1.165, 1.54) is 0 Å². The Morgan fingerprint density at radius 3 is 2.67 bits per heavy atom. The van der Waals surface area contributed by atoms with Gasteiger partial charge < -0.3 is 9.64 Å². The van der Waals surface area contributed by atoms with Gasteiger partial charge in [-0.15, -0.1) is 0 Å². The average Bonchev–Trinajstić information content (AvgIpc) is 2.78. The Kier molecular flexibility index (Phi) is 4.03. The molecule has 0 radical (unpaired) electrons. The fraction of sp³-hybridized carbons (Fsp3) is 0.909. The van der Waals surface area contributed by atoms with Crippen LogP contribution in [0.15, 0.2) is 0 Å². The van der Waals surface area contributed by atoms with Crippen molar-refractivity contribution in [3.05, 3.63) is 0 Å². The molecule has 0 N–H and O–H groups in total. The molecule has 1 atom stereocenters. The number of nitrogens with zero attached hydrogens (tertiary/aromatic N) is 1. The molecule has 3 nitrogen and oxygen atoms in total. The van der Waals surface area contributed by atoms with Crippen LogP contribution in [0.1, 0.15) is 19.3 Å². The topological polar surface area (TPSA) is 29.5 Å². The number of carbonyl (C=O) groups excluding carboxylic acids is 1. The Balaban J connectivity index is 1.85. The van der Waals surface area contributed by atoms with Gasteiger partial charge in [-0.3, -0.25) is 4.79 Å². The lowest BCUT2D eigenvalue weighted by Crippen LogP contribution is -2.37. The van der Waals surface area contributed by atoms with Crippen LogP contribution >= 0.6 is 15.9 Å². The van der Waals surface area contributed by atoms with Crippen LogP contribution in [0.2, 0.25) is 0 Å². The summed E-state index contributed by atoms with van der Waals surface area (Å²) in [7, 11) is 0. The smallest absolute Gasteiger partial charge is 0.225 e. The lowest BCUT2D eigenvalue weighted by atomic mass is 9.99. The molecule has 0 aromatic rings. The lowest BCUT2D eigenvalue weighted by molar-refractivity contribution is -0.137. The van der Waals surface area contributed by atoms with Gasteiger partial charge in [-0.05, 0) is 25.2 Å². The van der Waals surface area contributed by atoms with Gasteiger partial charge in [0.15, 0.2) is 0 Å². The maximum atomic E-state index is 12.1. The minimum Gasteiger partial charge on any atom is -0.381 e. The van der Waals surface area contributed by atoms with Gasteiger partial charge >= 0.3 is 0 Å². The number of hydrogen-bond acceptors (Lipinski definition) is 2. The Morgan fingerprint density at radius 1 is 1.33 bits per heavy atom. The summed E-state index contributed by atoms with van der Waals surface area (Å²) in [6, 6.07) is 0. The highest BCUT2D eigenvalue weighted by Crippen LogP contribution is 2.23. The van der Waals surface area contributed by atoms with Crippen molar-refractivity contribution in [1.82, 2.24) is 4.90 Å². The van der Waals surface area contributed by atoms with Gasteiger partial charge in [-0.2, -0.15) is 0 Å². The molecule has 0 aliphatic carbocycles. The molecule has 15 heavy (non-hydrogen) atoms. The van der Waals surface area contributed by atoms with Gasteiger partial charge in [0.05, 0.1) is 0 Å². The average molecular weight is 276 g/mol. The summed E-state index contributed by atoms with van der Waals surface area (Å²) in [5, 5.41) is 1.02. The summed E-state index contributed by atoms with van der Waals surface area (Å²) in [6.45, 7) is 3.41. The van der Waals surface area contributed by atoms with Crippen molar-refractivity contribution in [3.63, 3.8) is 0 Å². The van der Waals surface area contributed by atoms with E-state index < -0.39 is 0 Å².